The number of benzene rings is 2. The molecule has 2 saturated heterocycles. The van der Waals surface area contributed by atoms with Crippen LogP contribution in [0.3, 0.4) is 0 Å². The zero-order chi connectivity index (χ0) is 21.6. The second kappa shape index (κ2) is 10.1. The lowest BCUT2D eigenvalue weighted by atomic mass is 9.95. The van der Waals surface area contributed by atoms with Crippen LogP contribution in [0.15, 0.2) is 54.6 Å². The fourth-order valence-corrected chi connectivity index (χ4v) is 4.62. The van der Waals surface area contributed by atoms with Gasteiger partial charge in [0.15, 0.2) is 0 Å². The van der Waals surface area contributed by atoms with E-state index < -0.39 is 6.10 Å². The predicted molar refractivity (Wildman–Crippen MR) is 120 cm³/mol. The minimum Gasteiger partial charge on any atom is -0.387 e. The number of hydrogen-bond donors (Lipinski definition) is 4. The zero-order valence-corrected chi connectivity index (χ0v) is 17.7. The number of carbonyl (C=O) groups excluding carboxylic acids is 2. The fourth-order valence-electron chi connectivity index (χ4n) is 4.62. The first-order valence-corrected chi connectivity index (χ1v) is 11.2. The second-order valence-electron chi connectivity index (χ2n) is 8.69. The van der Waals surface area contributed by atoms with E-state index in [0.717, 1.165) is 43.4 Å². The van der Waals surface area contributed by atoms with Gasteiger partial charge in [0.1, 0.15) is 0 Å². The average molecular weight is 422 g/mol. The Balaban J connectivity index is 1.25. The lowest BCUT2D eigenvalue weighted by Gasteiger charge is -2.21. The van der Waals surface area contributed by atoms with Crippen molar-refractivity contribution < 1.29 is 14.7 Å². The van der Waals surface area contributed by atoms with E-state index in [4.69, 9.17) is 0 Å². The number of hydrogen-bond acceptors (Lipinski definition) is 4. The molecular weight excluding hydrogens is 390 g/mol. The molecule has 0 bridgehead atoms. The number of aliphatic hydroxyl groups is 1. The van der Waals surface area contributed by atoms with Crippen molar-refractivity contribution in [2.45, 2.75) is 56.7 Å². The minimum absolute atomic E-state index is 0.0171. The molecule has 4 atom stereocenters. The number of carbonyl (C=O) groups is 2. The van der Waals surface area contributed by atoms with E-state index in [1.54, 1.807) is 0 Å². The van der Waals surface area contributed by atoms with Crippen LogP contribution >= 0.6 is 0 Å². The van der Waals surface area contributed by atoms with Gasteiger partial charge in [-0.15, -0.1) is 0 Å². The maximum Gasteiger partial charge on any atom is 0.225 e. The molecule has 164 valence electrons. The van der Waals surface area contributed by atoms with Crippen molar-refractivity contribution in [1.29, 1.82) is 0 Å². The number of nitrogens with one attached hydrogen (secondary N) is 3. The molecule has 2 heterocycles. The van der Waals surface area contributed by atoms with Crippen LogP contribution in [0, 0.1) is 5.92 Å². The van der Waals surface area contributed by atoms with E-state index in [1.165, 1.54) is 5.56 Å². The molecule has 4 N–H and O–H groups in total. The third kappa shape index (κ3) is 5.71. The lowest BCUT2D eigenvalue weighted by Crippen LogP contribution is -2.38. The number of amides is 2. The highest BCUT2D eigenvalue weighted by Gasteiger charge is 2.30. The Hall–Kier alpha value is -2.70. The van der Waals surface area contributed by atoms with Crippen molar-refractivity contribution in [3.63, 3.8) is 0 Å². The highest BCUT2D eigenvalue weighted by molar-refractivity contribution is 5.94. The molecule has 2 fully saturated rings. The second-order valence-corrected chi connectivity index (χ2v) is 8.69. The van der Waals surface area contributed by atoms with Crippen LogP contribution in [0.4, 0.5) is 5.69 Å². The van der Waals surface area contributed by atoms with Crippen LogP contribution in [0.25, 0.3) is 0 Å². The molecule has 2 aliphatic rings. The van der Waals surface area contributed by atoms with Crippen molar-refractivity contribution in [3.8, 4) is 0 Å². The summed E-state index contributed by atoms with van der Waals surface area (Å²) in [7, 11) is 0. The van der Waals surface area contributed by atoms with Gasteiger partial charge in [-0.1, -0.05) is 42.5 Å². The van der Waals surface area contributed by atoms with Crippen molar-refractivity contribution >= 4 is 17.5 Å². The number of piperidine rings is 1. The quantitative estimate of drug-likeness (QED) is 0.553. The summed E-state index contributed by atoms with van der Waals surface area (Å²) >= 11 is 0. The summed E-state index contributed by atoms with van der Waals surface area (Å²) in [6.07, 6.45) is 4.29. The van der Waals surface area contributed by atoms with Crippen molar-refractivity contribution in [2.75, 3.05) is 11.9 Å². The molecule has 2 amide bonds. The summed E-state index contributed by atoms with van der Waals surface area (Å²) in [6, 6.07) is 18.1. The van der Waals surface area contributed by atoms with Gasteiger partial charge in [0.25, 0.3) is 0 Å². The molecule has 0 saturated carbocycles. The SMILES string of the molecule is O=C(CC1CCCNC1=O)Nc1ccc(C[C@@H]2CC[C@H]([C@H](O)c3ccccc3)N2)cc1. The highest BCUT2D eigenvalue weighted by Crippen LogP contribution is 2.27. The van der Waals surface area contributed by atoms with Crippen LogP contribution in [0.1, 0.15) is 49.3 Å². The Morgan fingerprint density at radius 2 is 1.84 bits per heavy atom. The summed E-state index contributed by atoms with van der Waals surface area (Å²) in [6.45, 7) is 0.709. The standard InChI is InChI=1S/C25H31N3O3/c29-23(16-19-7-4-14-26-25(19)31)28-20-10-8-17(9-11-20)15-21-12-13-22(27-21)24(30)18-5-2-1-3-6-18/h1-3,5-6,8-11,19,21-22,24,27,30H,4,7,12-16H2,(H,26,31)(H,28,29)/t19?,21-,22+,24+/m0/s1. The first-order valence-electron chi connectivity index (χ1n) is 11.2. The molecule has 0 radical (unpaired) electrons. The Kier molecular flexibility index (Phi) is 6.99. The van der Waals surface area contributed by atoms with E-state index in [2.05, 4.69) is 16.0 Å². The molecule has 0 spiro atoms. The van der Waals surface area contributed by atoms with Crippen LogP contribution < -0.4 is 16.0 Å². The molecule has 2 aromatic rings. The largest absolute Gasteiger partial charge is 0.387 e. The maximum atomic E-state index is 12.3. The molecular formula is C25H31N3O3. The monoisotopic (exact) mass is 421 g/mol. The topological polar surface area (TPSA) is 90.5 Å². The normalized spacial score (nSPS) is 24.4. The summed E-state index contributed by atoms with van der Waals surface area (Å²) < 4.78 is 0. The fraction of sp³-hybridized carbons (Fsp3) is 0.440. The molecule has 2 aliphatic heterocycles. The van der Waals surface area contributed by atoms with Crippen molar-refractivity contribution in [2.24, 2.45) is 5.92 Å². The Bertz CT molecular complexity index is 885. The Labute approximate surface area is 183 Å². The Morgan fingerprint density at radius 3 is 2.58 bits per heavy atom. The molecule has 0 aromatic heterocycles. The van der Waals surface area contributed by atoms with Crippen LogP contribution in [0.2, 0.25) is 0 Å². The van der Waals surface area contributed by atoms with Gasteiger partial charge in [0.05, 0.1) is 6.10 Å². The minimum atomic E-state index is -0.491. The van der Waals surface area contributed by atoms with Crippen LogP contribution in [-0.4, -0.2) is 35.5 Å². The molecule has 2 aromatic carbocycles. The van der Waals surface area contributed by atoms with Crippen LogP contribution in [0.5, 0.6) is 0 Å². The van der Waals surface area contributed by atoms with Gasteiger partial charge in [0, 0.05) is 36.7 Å². The lowest BCUT2D eigenvalue weighted by molar-refractivity contribution is -0.130. The summed E-state index contributed by atoms with van der Waals surface area (Å²) in [5.74, 6) is -0.359. The summed E-state index contributed by atoms with van der Waals surface area (Å²) in [5.41, 5.74) is 2.89. The molecule has 6 nitrogen and oxygen atoms in total. The molecule has 6 heteroatoms. The number of rotatable bonds is 7. The van der Waals surface area contributed by atoms with Gasteiger partial charge >= 0.3 is 0 Å². The maximum absolute atomic E-state index is 12.3. The number of aliphatic hydroxyl groups excluding tert-OH is 1. The number of anilines is 1. The van der Waals surface area contributed by atoms with E-state index in [0.29, 0.717) is 12.6 Å². The van der Waals surface area contributed by atoms with E-state index >= 15 is 0 Å². The van der Waals surface area contributed by atoms with E-state index in [9.17, 15) is 14.7 Å². The van der Waals surface area contributed by atoms with Crippen molar-refractivity contribution in [3.05, 3.63) is 65.7 Å². The third-order valence-electron chi connectivity index (χ3n) is 6.35. The van der Waals surface area contributed by atoms with Crippen LogP contribution in [-0.2, 0) is 16.0 Å². The van der Waals surface area contributed by atoms with Gasteiger partial charge < -0.3 is 21.1 Å². The van der Waals surface area contributed by atoms with E-state index in [-0.39, 0.29) is 30.2 Å². The predicted octanol–water partition coefficient (Wildman–Crippen LogP) is 2.94. The third-order valence-corrected chi connectivity index (χ3v) is 6.35. The smallest absolute Gasteiger partial charge is 0.225 e. The van der Waals surface area contributed by atoms with Gasteiger partial charge in [-0.05, 0) is 55.4 Å². The van der Waals surface area contributed by atoms with Gasteiger partial charge in [0.2, 0.25) is 11.8 Å². The summed E-state index contributed by atoms with van der Waals surface area (Å²) in [4.78, 5) is 24.1. The Morgan fingerprint density at radius 1 is 1.06 bits per heavy atom. The first kappa shape index (κ1) is 21.5. The van der Waals surface area contributed by atoms with Gasteiger partial charge in [-0.25, -0.2) is 0 Å². The van der Waals surface area contributed by atoms with Gasteiger partial charge in [-0.2, -0.15) is 0 Å². The first-order chi connectivity index (χ1) is 15.1. The van der Waals surface area contributed by atoms with Crippen molar-refractivity contribution in [1.82, 2.24) is 10.6 Å². The highest BCUT2D eigenvalue weighted by atomic mass is 16.3. The molecule has 4 rings (SSSR count). The molecule has 1 unspecified atom stereocenters. The van der Waals surface area contributed by atoms with Gasteiger partial charge in [-0.3, -0.25) is 9.59 Å². The zero-order valence-electron chi connectivity index (χ0n) is 17.7. The summed E-state index contributed by atoms with van der Waals surface area (Å²) in [5, 5.41) is 19.9. The van der Waals surface area contributed by atoms with E-state index in [1.807, 2.05) is 54.6 Å². The molecule has 31 heavy (non-hydrogen) atoms. The molecule has 0 aliphatic carbocycles. The average Bonchev–Trinajstić information content (AvgIpc) is 3.25.